The zero-order valence-electron chi connectivity index (χ0n) is 16.4. The predicted molar refractivity (Wildman–Crippen MR) is 113 cm³/mol. The Morgan fingerprint density at radius 1 is 1.17 bits per heavy atom. The van der Waals surface area contributed by atoms with Crippen molar-refractivity contribution in [2.24, 2.45) is 5.92 Å². The number of nitrogens with zero attached hydrogens (tertiary/aromatic N) is 2. The fourth-order valence-electron chi connectivity index (χ4n) is 3.98. The molecule has 0 saturated carbocycles. The van der Waals surface area contributed by atoms with Crippen LogP contribution < -0.4 is 15.1 Å². The highest BCUT2D eigenvalue weighted by atomic mass is 35.5. The van der Waals surface area contributed by atoms with Crippen LogP contribution in [0.2, 0.25) is 5.02 Å². The van der Waals surface area contributed by atoms with Gasteiger partial charge >= 0.3 is 0 Å². The molecule has 0 radical (unpaired) electrons. The topological polar surface area (TPSA) is 69.7 Å². The van der Waals surface area contributed by atoms with E-state index in [1.54, 1.807) is 28.9 Å². The number of anilines is 3. The Morgan fingerprint density at radius 3 is 2.72 bits per heavy atom. The van der Waals surface area contributed by atoms with Crippen LogP contribution in [-0.4, -0.2) is 30.8 Å². The second-order valence-electron chi connectivity index (χ2n) is 7.59. The molecule has 2 aliphatic rings. The summed E-state index contributed by atoms with van der Waals surface area (Å²) in [7, 11) is 0. The van der Waals surface area contributed by atoms with Gasteiger partial charge in [0.15, 0.2) is 0 Å². The maximum absolute atomic E-state index is 12.7. The van der Waals surface area contributed by atoms with E-state index < -0.39 is 5.92 Å². The van der Waals surface area contributed by atoms with E-state index in [-0.39, 0.29) is 24.1 Å². The second kappa shape index (κ2) is 7.52. The first-order valence-corrected chi connectivity index (χ1v) is 9.99. The monoisotopic (exact) mass is 411 g/mol. The number of halogens is 1. The SMILES string of the molecule is CC(=O)N1CCc2cc(N3CC(C(=O)Nc4cc(Cl)ccc4C)CC3=O)ccc21. The quantitative estimate of drug-likeness (QED) is 0.839. The van der Waals surface area contributed by atoms with Gasteiger partial charge in [-0.2, -0.15) is 0 Å². The van der Waals surface area contributed by atoms with Gasteiger partial charge in [0, 0.05) is 48.5 Å². The summed E-state index contributed by atoms with van der Waals surface area (Å²) in [5, 5.41) is 3.45. The lowest BCUT2D eigenvalue weighted by Crippen LogP contribution is -2.28. The molecule has 4 rings (SSSR count). The first-order valence-electron chi connectivity index (χ1n) is 9.62. The number of hydrogen-bond acceptors (Lipinski definition) is 3. The molecule has 1 N–H and O–H groups in total. The summed E-state index contributed by atoms with van der Waals surface area (Å²) in [5.41, 5.74) is 4.30. The molecule has 0 bridgehead atoms. The fraction of sp³-hybridized carbons (Fsp3) is 0.318. The summed E-state index contributed by atoms with van der Waals surface area (Å²) < 4.78 is 0. The Bertz CT molecular complexity index is 1020. The number of carbonyl (C=O) groups excluding carboxylic acids is 3. The molecule has 0 aliphatic carbocycles. The van der Waals surface area contributed by atoms with Gasteiger partial charge in [-0.05, 0) is 54.8 Å². The van der Waals surface area contributed by atoms with Gasteiger partial charge in [-0.15, -0.1) is 0 Å². The standard InChI is InChI=1S/C22H22ClN3O3/c1-13-3-4-17(23)11-19(13)24-22(29)16-10-21(28)26(12-16)18-5-6-20-15(9-18)7-8-25(20)14(2)27/h3-6,9,11,16H,7-8,10,12H2,1-2H3,(H,24,29). The molecule has 0 spiro atoms. The molecule has 0 aromatic heterocycles. The summed E-state index contributed by atoms with van der Waals surface area (Å²) >= 11 is 6.02. The van der Waals surface area contributed by atoms with E-state index in [0.29, 0.717) is 23.8 Å². The normalized spacial score (nSPS) is 18.2. The molecule has 1 saturated heterocycles. The van der Waals surface area contributed by atoms with Crippen molar-refractivity contribution in [1.29, 1.82) is 0 Å². The number of fused-ring (bicyclic) bond motifs is 1. The van der Waals surface area contributed by atoms with Gasteiger partial charge in [0.05, 0.1) is 5.92 Å². The Kier molecular flexibility index (Phi) is 5.04. The third-order valence-corrected chi connectivity index (χ3v) is 5.84. The van der Waals surface area contributed by atoms with Crippen molar-refractivity contribution in [1.82, 2.24) is 0 Å². The molecule has 6 nitrogen and oxygen atoms in total. The highest BCUT2D eigenvalue weighted by Crippen LogP contribution is 2.34. The van der Waals surface area contributed by atoms with E-state index in [2.05, 4.69) is 5.32 Å². The van der Waals surface area contributed by atoms with Crippen molar-refractivity contribution in [3.63, 3.8) is 0 Å². The van der Waals surface area contributed by atoms with Gasteiger partial charge in [0.2, 0.25) is 17.7 Å². The van der Waals surface area contributed by atoms with Crippen molar-refractivity contribution < 1.29 is 14.4 Å². The van der Waals surface area contributed by atoms with Crippen LogP contribution in [-0.2, 0) is 20.8 Å². The van der Waals surface area contributed by atoms with Crippen LogP contribution in [0.4, 0.5) is 17.1 Å². The molecule has 3 amide bonds. The molecule has 2 aromatic rings. The lowest BCUT2D eigenvalue weighted by molar-refractivity contribution is -0.122. The number of amides is 3. The number of nitrogens with one attached hydrogen (secondary N) is 1. The maximum atomic E-state index is 12.7. The number of rotatable bonds is 3. The number of aryl methyl sites for hydroxylation is 1. The lowest BCUT2D eigenvalue weighted by atomic mass is 10.1. The first kappa shape index (κ1) is 19.5. The molecule has 150 valence electrons. The maximum Gasteiger partial charge on any atom is 0.229 e. The van der Waals surface area contributed by atoms with E-state index in [9.17, 15) is 14.4 Å². The smallest absolute Gasteiger partial charge is 0.229 e. The third-order valence-electron chi connectivity index (χ3n) is 5.60. The Morgan fingerprint density at radius 2 is 1.97 bits per heavy atom. The van der Waals surface area contributed by atoms with Crippen LogP contribution in [0.1, 0.15) is 24.5 Å². The van der Waals surface area contributed by atoms with Gasteiger partial charge < -0.3 is 15.1 Å². The Hall–Kier alpha value is -2.86. The minimum atomic E-state index is -0.428. The first-order chi connectivity index (χ1) is 13.8. The van der Waals surface area contributed by atoms with Crippen LogP contribution in [0, 0.1) is 12.8 Å². The number of benzene rings is 2. The van der Waals surface area contributed by atoms with Gasteiger partial charge in [-0.1, -0.05) is 17.7 Å². The molecule has 1 atom stereocenters. The molecule has 7 heteroatoms. The van der Waals surface area contributed by atoms with Crippen molar-refractivity contribution in [3.05, 3.63) is 52.5 Å². The van der Waals surface area contributed by atoms with E-state index in [4.69, 9.17) is 11.6 Å². The van der Waals surface area contributed by atoms with E-state index in [1.165, 1.54) is 0 Å². The molecule has 2 aliphatic heterocycles. The average molecular weight is 412 g/mol. The van der Waals surface area contributed by atoms with E-state index >= 15 is 0 Å². The second-order valence-corrected chi connectivity index (χ2v) is 8.02. The van der Waals surface area contributed by atoms with Gasteiger partial charge in [0.1, 0.15) is 0 Å². The number of hydrogen-bond donors (Lipinski definition) is 1. The Balaban J connectivity index is 1.49. The van der Waals surface area contributed by atoms with Crippen LogP contribution in [0.3, 0.4) is 0 Å². The molecule has 2 heterocycles. The molecular formula is C22H22ClN3O3. The largest absolute Gasteiger partial charge is 0.325 e. The molecule has 2 aromatic carbocycles. The Labute approximate surface area is 174 Å². The van der Waals surface area contributed by atoms with Crippen molar-refractivity contribution >= 4 is 46.4 Å². The summed E-state index contributed by atoms with van der Waals surface area (Å²) in [6, 6.07) is 11.0. The highest BCUT2D eigenvalue weighted by Gasteiger charge is 2.36. The highest BCUT2D eigenvalue weighted by molar-refractivity contribution is 6.31. The summed E-state index contributed by atoms with van der Waals surface area (Å²) in [5.74, 6) is -0.672. The van der Waals surface area contributed by atoms with Crippen LogP contribution in [0.5, 0.6) is 0 Å². The van der Waals surface area contributed by atoms with Crippen LogP contribution >= 0.6 is 11.6 Å². The van der Waals surface area contributed by atoms with E-state index in [0.717, 1.165) is 28.9 Å². The van der Waals surface area contributed by atoms with Crippen molar-refractivity contribution in [2.75, 3.05) is 28.2 Å². The average Bonchev–Trinajstić information content (AvgIpc) is 3.27. The fourth-order valence-corrected chi connectivity index (χ4v) is 4.15. The van der Waals surface area contributed by atoms with Crippen molar-refractivity contribution in [2.45, 2.75) is 26.7 Å². The van der Waals surface area contributed by atoms with Crippen LogP contribution in [0.15, 0.2) is 36.4 Å². The summed E-state index contributed by atoms with van der Waals surface area (Å²) in [6.07, 6.45) is 0.935. The van der Waals surface area contributed by atoms with Crippen molar-refractivity contribution in [3.8, 4) is 0 Å². The zero-order valence-corrected chi connectivity index (χ0v) is 17.1. The minimum Gasteiger partial charge on any atom is -0.325 e. The van der Waals surface area contributed by atoms with E-state index in [1.807, 2.05) is 31.2 Å². The summed E-state index contributed by atoms with van der Waals surface area (Å²) in [4.78, 5) is 40.5. The molecule has 29 heavy (non-hydrogen) atoms. The zero-order chi connectivity index (χ0) is 20.7. The number of carbonyl (C=O) groups is 3. The van der Waals surface area contributed by atoms with Gasteiger partial charge in [-0.25, -0.2) is 0 Å². The van der Waals surface area contributed by atoms with Gasteiger partial charge in [0.25, 0.3) is 0 Å². The van der Waals surface area contributed by atoms with Crippen LogP contribution in [0.25, 0.3) is 0 Å². The van der Waals surface area contributed by atoms with Gasteiger partial charge in [-0.3, -0.25) is 14.4 Å². The molecule has 1 unspecified atom stereocenters. The minimum absolute atomic E-state index is 0.0155. The molecule has 1 fully saturated rings. The summed E-state index contributed by atoms with van der Waals surface area (Å²) in [6.45, 7) is 4.44. The predicted octanol–water partition coefficient (Wildman–Crippen LogP) is 3.55. The third kappa shape index (κ3) is 3.72. The lowest BCUT2D eigenvalue weighted by Gasteiger charge is -2.19. The molecular weight excluding hydrogens is 390 g/mol.